The molecule has 6 nitrogen and oxygen atoms in total. The molecule has 0 bridgehead atoms. The number of aliphatic hydroxyl groups excluding tert-OH is 2. The molecule has 0 saturated heterocycles. The van der Waals surface area contributed by atoms with Crippen LogP contribution >= 0.6 is 0 Å². The number of rotatable bonds is 15. The Kier molecular flexibility index (Phi) is 11.3. The molecule has 44 heavy (non-hydrogen) atoms. The molecule has 0 aliphatic heterocycles. The molecule has 0 spiro atoms. The van der Waals surface area contributed by atoms with Gasteiger partial charge in [0.1, 0.15) is 5.82 Å². The maximum atomic E-state index is 14.6. The van der Waals surface area contributed by atoms with E-state index >= 15 is 0 Å². The molecule has 3 N–H and O–H groups in total. The minimum absolute atomic E-state index is 0.0850. The summed E-state index contributed by atoms with van der Waals surface area (Å²) in [7, 11) is 0. The molecule has 7 heteroatoms. The molecular weight excluding hydrogens is 557 g/mol. The van der Waals surface area contributed by atoms with Gasteiger partial charge in [0.2, 0.25) is 0 Å². The fourth-order valence-corrected chi connectivity index (χ4v) is 5.88. The largest absolute Gasteiger partial charge is 0.481 e. The maximum Gasteiger partial charge on any atom is 0.305 e. The molecule has 1 heterocycles. The van der Waals surface area contributed by atoms with E-state index in [0.717, 1.165) is 52.9 Å². The number of carbonyl (C=O) groups excluding carboxylic acids is 1. The number of hydrogen-bond acceptors (Lipinski definition) is 4. The molecule has 3 aromatic carbocycles. The van der Waals surface area contributed by atoms with E-state index in [0.29, 0.717) is 17.7 Å². The molecule has 0 radical (unpaired) electrons. The lowest BCUT2D eigenvalue weighted by atomic mass is 9.89. The summed E-state index contributed by atoms with van der Waals surface area (Å²) in [4.78, 5) is 25.7. The summed E-state index contributed by atoms with van der Waals surface area (Å²) in [6.45, 7) is 6.48. The number of halogens is 1. The van der Waals surface area contributed by atoms with Crippen molar-refractivity contribution in [3.05, 3.63) is 107 Å². The first-order valence-corrected chi connectivity index (χ1v) is 15.4. The predicted molar refractivity (Wildman–Crippen MR) is 171 cm³/mol. The third kappa shape index (κ3) is 7.90. The Morgan fingerprint density at radius 1 is 0.886 bits per heavy atom. The van der Waals surface area contributed by atoms with Gasteiger partial charge in [0, 0.05) is 23.4 Å². The van der Waals surface area contributed by atoms with E-state index in [1.54, 1.807) is 12.1 Å². The molecule has 0 amide bonds. The Bertz CT molecular complexity index is 1560. The van der Waals surface area contributed by atoms with Gasteiger partial charge < -0.3 is 19.9 Å². The summed E-state index contributed by atoms with van der Waals surface area (Å²) in [6, 6.07) is 23.7. The quantitative estimate of drug-likeness (QED) is 0.122. The molecule has 232 valence electrons. The van der Waals surface area contributed by atoms with Gasteiger partial charge in [0.05, 0.1) is 29.9 Å². The zero-order chi connectivity index (χ0) is 31.8. The van der Waals surface area contributed by atoms with Gasteiger partial charge >= 0.3 is 5.97 Å². The van der Waals surface area contributed by atoms with Crippen molar-refractivity contribution in [2.24, 2.45) is 0 Å². The van der Waals surface area contributed by atoms with Gasteiger partial charge in [-0.15, -0.1) is 0 Å². The van der Waals surface area contributed by atoms with Crippen molar-refractivity contribution in [1.29, 1.82) is 0 Å². The highest BCUT2D eigenvalue weighted by molar-refractivity contribution is 6.16. The number of carbonyl (C=O) groups is 2. The van der Waals surface area contributed by atoms with Crippen LogP contribution in [0.3, 0.4) is 0 Å². The first-order chi connectivity index (χ1) is 21.1. The van der Waals surface area contributed by atoms with E-state index in [4.69, 9.17) is 5.11 Å². The van der Waals surface area contributed by atoms with Crippen LogP contribution in [0.5, 0.6) is 0 Å². The van der Waals surface area contributed by atoms with Gasteiger partial charge in [0.15, 0.2) is 5.78 Å². The second-order valence-corrected chi connectivity index (χ2v) is 11.7. The fraction of sp³-hybridized carbons (Fsp3) is 0.351. The first kappa shape index (κ1) is 32.8. The molecule has 4 aromatic rings. The van der Waals surface area contributed by atoms with Gasteiger partial charge in [-0.25, -0.2) is 4.39 Å². The normalized spacial score (nSPS) is 12.8. The predicted octanol–water partition coefficient (Wildman–Crippen LogP) is 7.63. The average molecular weight is 600 g/mol. The Morgan fingerprint density at radius 2 is 1.59 bits per heavy atom. The van der Waals surface area contributed by atoms with Crippen LogP contribution in [0.1, 0.15) is 86.0 Å². The number of carboxylic acid groups (broad SMARTS) is 1. The Morgan fingerprint density at radius 3 is 2.23 bits per heavy atom. The SMILES string of the molecule is CCCCc1cccc(C(=O)c2c(-c3ccccc3)c(-c3ccc(F)cc3)n(CCC(O)CC(O)CC(=O)O)c2C(C)C)c1. The smallest absolute Gasteiger partial charge is 0.305 e. The van der Waals surface area contributed by atoms with Crippen LogP contribution in [0.4, 0.5) is 4.39 Å². The van der Waals surface area contributed by atoms with Crippen molar-refractivity contribution in [3.8, 4) is 22.4 Å². The van der Waals surface area contributed by atoms with Gasteiger partial charge in [-0.3, -0.25) is 9.59 Å². The van der Waals surface area contributed by atoms with E-state index in [1.807, 2.05) is 73.0 Å². The molecule has 0 fully saturated rings. The van der Waals surface area contributed by atoms with Crippen LogP contribution in [0.25, 0.3) is 22.4 Å². The summed E-state index contributed by atoms with van der Waals surface area (Å²) >= 11 is 0. The summed E-state index contributed by atoms with van der Waals surface area (Å²) < 4.78 is 16.2. The van der Waals surface area contributed by atoms with E-state index < -0.39 is 24.6 Å². The number of nitrogens with zero attached hydrogens (tertiary/aromatic N) is 1. The highest BCUT2D eigenvalue weighted by Gasteiger charge is 2.31. The van der Waals surface area contributed by atoms with E-state index in [-0.39, 0.29) is 30.4 Å². The third-order valence-electron chi connectivity index (χ3n) is 7.91. The summed E-state index contributed by atoms with van der Waals surface area (Å²) in [5, 5.41) is 30.0. The van der Waals surface area contributed by atoms with Crippen LogP contribution in [0.2, 0.25) is 0 Å². The molecule has 0 aliphatic carbocycles. The minimum atomic E-state index is -1.18. The zero-order valence-electron chi connectivity index (χ0n) is 25.7. The standard InChI is InChI=1S/C37H42FNO5/c1-4-5-10-25-11-9-14-28(21-25)37(44)34-33(26-12-7-6-8-13-26)36(27-15-17-29(38)18-16-27)39(35(34)24(2)3)20-19-30(40)22-31(41)23-32(42)43/h6-9,11-18,21,24,30-31,40-41H,4-5,10,19-20,22-23H2,1-3H3,(H,42,43). The van der Waals surface area contributed by atoms with Crippen molar-refractivity contribution >= 4 is 11.8 Å². The number of aromatic nitrogens is 1. The summed E-state index contributed by atoms with van der Waals surface area (Å²) in [6.07, 6.45) is 0.495. The van der Waals surface area contributed by atoms with Crippen LogP contribution in [0.15, 0.2) is 78.9 Å². The molecule has 0 aliphatic rings. The number of hydrogen-bond donors (Lipinski definition) is 3. The molecule has 0 saturated carbocycles. The van der Waals surface area contributed by atoms with Crippen molar-refractivity contribution < 1.29 is 29.3 Å². The third-order valence-corrected chi connectivity index (χ3v) is 7.91. The second-order valence-electron chi connectivity index (χ2n) is 11.7. The van der Waals surface area contributed by atoms with E-state index in [9.17, 15) is 24.2 Å². The van der Waals surface area contributed by atoms with Gasteiger partial charge in [-0.2, -0.15) is 0 Å². The lowest BCUT2D eigenvalue weighted by Gasteiger charge is -2.20. The average Bonchev–Trinajstić information content (AvgIpc) is 3.34. The van der Waals surface area contributed by atoms with E-state index in [2.05, 4.69) is 6.92 Å². The number of aryl methyl sites for hydroxylation is 1. The van der Waals surface area contributed by atoms with Gasteiger partial charge in [0.25, 0.3) is 0 Å². The maximum absolute atomic E-state index is 14.6. The highest BCUT2D eigenvalue weighted by Crippen LogP contribution is 2.43. The molecular formula is C37H42FNO5. The number of ketones is 1. The molecule has 2 unspecified atom stereocenters. The second kappa shape index (κ2) is 15.1. The number of benzene rings is 3. The minimum Gasteiger partial charge on any atom is -0.481 e. The fourth-order valence-electron chi connectivity index (χ4n) is 5.88. The van der Waals surface area contributed by atoms with Crippen LogP contribution < -0.4 is 0 Å². The van der Waals surface area contributed by atoms with Crippen LogP contribution in [-0.2, 0) is 17.8 Å². The highest BCUT2D eigenvalue weighted by atomic mass is 19.1. The van der Waals surface area contributed by atoms with Crippen molar-refractivity contribution in [2.75, 3.05) is 0 Å². The molecule has 1 aromatic heterocycles. The number of aliphatic hydroxyl groups is 2. The van der Waals surface area contributed by atoms with Crippen LogP contribution in [0, 0.1) is 5.82 Å². The van der Waals surface area contributed by atoms with Crippen molar-refractivity contribution in [2.45, 2.75) is 84.0 Å². The van der Waals surface area contributed by atoms with Gasteiger partial charge in [-0.05, 0) is 78.6 Å². The molecule has 4 rings (SSSR count). The number of aliphatic carboxylic acids is 1. The lowest BCUT2D eigenvalue weighted by molar-refractivity contribution is -0.139. The Balaban J connectivity index is 1.93. The van der Waals surface area contributed by atoms with Crippen molar-refractivity contribution in [3.63, 3.8) is 0 Å². The lowest BCUT2D eigenvalue weighted by Crippen LogP contribution is -2.22. The Labute approximate surface area is 258 Å². The Hall–Kier alpha value is -4.07. The first-order valence-electron chi connectivity index (χ1n) is 15.4. The topological polar surface area (TPSA) is 99.8 Å². The summed E-state index contributed by atoms with van der Waals surface area (Å²) in [5.41, 5.74) is 6.11. The van der Waals surface area contributed by atoms with Crippen molar-refractivity contribution in [1.82, 2.24) is 4.57 Å². The van der Waals surface area contributed by atoms with Crippen LogP contribution in [-0.4, -0.2) is 43.8 Å². The monoisotopic (exact) mass is 599 g/mol. The zero-order valence-corrected chi connectivity index (χ0v) is 25.7. The van der Waals surface area contributed by atoms with Gasteiger partial charge in [-0.1, -0.05) is 75.7 Å². The number of unbranched alkanes of at least 4 members (excludes halogenated alkanes) is 1. The summed E-state index contributed by atoms with van der Waals surface area (Å²) in [5.74, 6) is -1.71. The number of carboxylic acids is 1. The molecule has 2 atom stereocenters. The van der Waals surface area contributed by atoms with E-state index in [1.165, 1.54) is 12.1 Å².